The molecule has 1 atom stereocenters. The topological polar surface area (TPSA) is 86.8 Å². The van der Waals surface area contributed by atoms with E-state index < -0.39 is 40.2 Å². The van der Waals surface area contributed by atoms with Gasteiger partial charge < -0.3 is 10.2 Å². The summed E-state index contributed by atoms with van der Waals surface area (Å²) in [6.45, 7) is 2.43. The highest BCUT2D eigenvalue weighted by Gasteiger charge is 2.34. The Labute approximate surface area is 250 Å². The van der Waals surface area contributed by atoms with Crippen molar-refractivity contribution in [2.45, 2.75) is 63.1 Å². The van der Waals surface area contributed by atoms with Crippen LogP contribution >= 0.6 is 23.2 Å². The lowest BCUT2D eigenvalue weighted by molar-refractivity contribution is -0.139. The SMILES string of the molecule is Cc1ccc(S(=O)(=O)N(CC(=O)N(Cc2ccccc2F)C(C)C(=O)NC2CCCC2)c2cccc(Cl)c2Cl)cc1. The molecular weight excluding hydrogens is 588 g/mol. The number of halogens is 3. The predicted molar refractivity (Wildman–Crippen MR) is 159 cm³/mol. The molecule has 2 amide bonds. The van der Waals surface area contributed by atoms with Crippen LogP contribution in [0.25, 0.3) is 0 Å². The van der Waals surface area contributed by atoms with Gasteiger partial charge in [0, 0.05) is 18.2 Å². The molecule has 7 nitrogen and oxygen atoms in total. The largest absolute Gasteiger partial charge is 0.352 e. The minimum absolute atomic E-state index is 0.000885. The van der Waals surface area contributed by atoms with Crippen LogP contribution in [0.3, 0.4) is 0 Å². The second kappa shape index (κ2) is 13.2. The number of sulfonamides is 1. The normalized spacial score (nSPS) is 14.5. The third-order valence-corrected chi connectivity index (χ3v) is 9.84. The third-order valence-electron chi connectivity index (χ3n) is 7.26. The second-order valence-electron chi connectivity index (χ2n) is 10.2. The number of carbonyl (C=O) groups is 2. The minimum atomic E-state index is -4.32. The molecule has 0 spiro atoms. The van der Waals surface area contributed by atoms with E-state index in [1.54, 1.807) is 25.1 Å². The first-order valence-electron chi connectivity index (χ1n) is 13.4. The number of carbonyl (C=O) groups excluding carboxylic acids is 2. The first-order chi connectivity index (χ1) is 19.5. The van der Waals surface area contributed by atoms with E-state index in [0.29, 0.717) is 0 Å². The van der Waals surface area contributed by atoms with E-state index in [2.05, 4.69) is 5.32 Å². The van der Waals surface area contributed by atoms with Gasteiger partial charge in [-0.3, -0.25) is 13.9 Å². The van der Waals surface area contributed by atoms with E-state index in [9.17, 15) is 22.4 Å². The quantitative estimate of drug-likeness (QED) is 0.296. The van der Waals surface area contributed by atoms with Crippen LogP contribution in [0.5, 0.6) is 0 Å². The average Bonchev–Trinajstić information content (AvgIpc) is 3.45. The molecule has 1 aliphatic rings. The van der Waals surface area contributed by atoms with Gasteiger partial charge in [0.05, 0.1) is 20.6 Å². The molecule has 41 heavy (non-hydrogen) atoms. The van der Waals surface area contributed by atoms with Crippen LogP contribution in [0, 0.1) is 12.7 Å². The summed E-state index contributed by atoms with van der Waals surface area (Å²) in [6, 6.07) is 15.6. The smallest absolute Gasteiger partial charge is 0.264 e. The lowest BCUT2D eigenvalue weighted by atomic mass is 10.1. The fraction of sp³-hybridized carbons (Fsp3) is 0.333. The highest BCUT2D eigenvalue weighted by Crippen LogP contribution is 2.35. The summed E-state index contributed by atoms with van der Waals surface area (Å²) in [4.78, 5) is 28.4. The van der Waals surface area contributed by atoms with Crippen LogP contribution < -0.4 is 9.62 Å². The standard InChI is InChI=1S/C30H32Cl2FN3O4S/c1-20-14-16-24(17-15-20)41(39,40)36(27-13-7-11-25(31)29(27)32)19-28(37)35(18-22-8-3-6-12-26(22)33)21(2)30(38)34-23-9-4-5-10-23/h3,6-8,11-17,21,23H,4-5,9-10,18-19H2,1-2H3,(H,34,38). The van der Waals surface area contributed by atoms with Gasteiger partial charge in [0.1, 0.15) is 18.4 Å². The van der Waals surface area contributed by atoms with Gasteiger partial charge in [0.15, 0.2) is 0 Å². The van der Waals surface area contributed by atoms with Gasteiger partial charge in [-0.2, -0.15) is 0 Å². The van der Waals surface area contributed by atoms with Crippen LogP contribution in [-0.4, -0.2) is 43.8 Å². The highest BCUT2D eigenvalue weighted by molar-refractivity contribution is 7.92. The third kappa shape index (κ3) is 7.20. The molecule has 1 saturated carbocycles. The van der Waals surface area contributed by atoms with Gasteiger partial charge in [-0.1, -0.05) is 78.0 Å². The number of aryl methyl sites for hydroxylation is 1. The number of amides is 2. The van der Waals surface area contributed by atoms with E-state index in [0.717, 1.165) is 35.6 Å². The molecule has 4 rings (SSSR count). The Balaban J connectivity index is 1.73. The maximum Gasteiger partial charge on any atom is 0.264 e. The summed E-state index contributed by atoms with van der Waals surface area (Å²) in [7, 11) is -4.32. The molecule has 3 aromatic carbocycles. The van der Waals surface area contributed by atoms with E-state index in [4.69, 9.17) is 23.2 Å². The Kier molecular flexibility index (Phi) is 9.94. The number of hydrogen-bond acceptors (Lipinski definition) is 4. The molecule has 0 radical (unpaired) electrons. The number of benzene rings is 3. The summed E-state index contributed by atoms with van der Waals surface area (Å²) in [5, 5.41) is 3.03. The molecule has 1 fully saturated rings. The van der Waals surface area contributed by atoms with E-state index in [1.165, 1.54) is 53.4 Å². The van der Waals surface area contributed by atoms with E-state index >= 15 is 0 Å². The predicted octanol–water partition coefficient (Wildman–Crippen LogP) is 6.11. The first-order valence-corrected chi connectivity index (χ1v) is 15.6. The van der Waals surface area contributed by atoms with Gasteiger partial charge in [-0.25, -0.2) is 12.8 Å². The lowest BCUT2D eigenvalue weighted by Gasteiger charge is -2.32. The fourth-order valence-electron chi connectivity index (χ4n) is 4.82. The molecule has 218 valence electrons. The van der Waals surface area contributed by atoms with Gasteiger partial charge in [-0.05, 0) is 57.0 Å². The second-order valence-corrected chi connectivity index (χ2v) is 12.8. The van der Waals surface area contributed by atoms with Crippen molar-refractivity contribution in [3.8, 4) is 0 Å². The van der Waals surface area contributed by atoms with Crippen molar-refractivity contribution in [2.24, 2.45) is 0 Å². The highest BCUT2D eigenvalue weighted by atomic mass is 35.5. The van der Waals surface area contributed by atoms with Crippen molar-refractivity contribution in [1.29, 1.82) is 0 Å². The van der Waals surface area contributed by atoms with Crippen molar-refractivity contribution in [2.75, 3.05) is 10.8 Å². The summed E-state index contributed by atoms with van der Waals surface area (Å²) >= 11 is 12.7. The zero-order chi connectivity index (χ0) is 29.7. The number of rotatable bonds is 10. The zero-order valence-corrected chi connectivity index (χ0v) is 25.1. The number of nitrogens with one attached hydrogen (secondary N) is 1. The minimum Gasteiger partial charge on any atom is -0.352 e. The molecule has 0 saturated heterocycles. The fourth-order valence-corrected chi connectivity index (χ4v) is 6.69. The van der Waals surface area contributed by atoms with E-state index in [-0.39, 0.29) is 38.8 Å². The summed E-state index contributed by atoms with van der Waals surface area (Å²) in [5.74, 6) is -1.65. The maximum absolute atomic E-state index is 14.7. The molecule has 1 N–H and O–H groups in total. The van der Waals surface area contributed by atoms with Gasteiger partial charge in [0.25, 0.3) is 10.0 Å². The molecule has 0 bridgehead atoms. The molecule has 0 heterocycles. The Bertz CT molecular complexity index is 1510. The molecule has 0 aromatic heterocycles. The van der Waals surface area contributed by atoms with Crippen molar-refractivity contribution in [3.63, 3.8) is 0 Å². The number of hydrogen-bond donors (Lipinski definition) is 1. The molecule has 1 unspecified atom stereocenters. The number of anilines is 1. The van der Waals surface area contributed by atoms with Crippen LogP contribution in [0.15, 0.2) is 71.6 Å². The van der Waals surface area contributed by atoms with Crippen LogP contribution in [0.4, 0.5) is 10.1 Å². The molecular formula is C30H32Cl2FN3O4S. The number of nitrogens with zero attached hydrogens (tertiary/aromatic N) is 2. The Hall–Kier alpha value is -3.14. The van der Waals surface area contributed by atoms with Gasteiger partial charge in [0.2, 0.25) is 11.8 Å². The summed E-state index contributed by atoms with van der Waals surface area (Å²) in [6.07, 6.45) is 3.69. The molecule has 3 aromatic rings. The van der Waals surface area contributed by atoms with Crippen molar-refractivity contribution >= 4 is 50.7 Å². The summed E-state index contributed by atoms with van der Waals surface area (Å²) in [5.41, 5.74) is 1.04. The molecule has 11 heteroatoms. The van der Waals surface area contributed by atoms with Gasteiger partial charge in [-0.15, -0.1) is 0 Å². The monoisotopic (exact) mass is 619 g/mol. The van der Waals surface area contributed by atoms with Crippen molar-refractivity contribution in [3.05, 3.63) is 93.7 Å². The summed E-state index contributed by atoms with van der Waals surface area (Å²) < 4.78 is 43.4. The Morgan fingerprint density at radius 3 is 2.32 bits per heavy atom. The lowest BCUT2D eigenvalue weighted by Crippen LogP contribution is -2.52. The van der Waals surface area contributed by atoms with Crippen LogP contribution in [-0.2, 0) is 26.2 Å². The van der Waals surface area contributed by atoms with Crippen molar-refractivity contribution in [1.82, 2.24) is 10.2 Å². The molecule has 0 aliphatic heterocycles. The van der Waals surface area contributed by atoms with E-state index in [1.807, 2.05) is 6.92 Å². The molecule has 1 aliphatic carbocycles. The Morgan fingerprint density at radius 1 is 1.00 bits per heavy atom. The average molecular weight is 621 g/mol. The zero-order valence-electron chi connectivity index (χ0n) is 22.8. The first kappa shape index (κ1) is 30.8. The Morgan fingerprint density at radius 2 is 1.66 bits per heavy atom. The van der Waals surface area contributed by atoms with Gasteiger partial charge >= 0.3 is 0 Å². The van der Waals surface area contributed by atoms with Crippen LogP contribution in [0.2, 0.25) is 10.0 Å². The van der Waals surface area contributed by atoms with Crippen molar-refractivity contribution < 1.29 is 22.4 Å². The maximum atomic E-state index is 14.7. The van der Waals surface area contributed by atoms with Crippen LogP contribution in [0.1, 0.15) is 43.7 Å².